The van der Waals surface area contributed by atoms with Crippen LogP contribution in [0.5, 0.6) is 0 Å². The van der Waals surface area contributed by atoms with Crippen molar-refractivity contribution in [2.24, 2.45) is 0 Å². The van der Waals surface area contributed by atoms with Gasteiger partial charge in [0.1, 0.15) is 0 Å². The topological polar surface area (TPSA) is 42.4 Å². The molecule has 0 bridgehead atoms. The lowest BCUT2D eigenvalue weighted by Crippen LogP contribution is -2.41. The second-order valence-electron chi connectivity index (χ2n) is 4.89. The summed E-state index contributed by atoms with van der Waals surface area (Å²) in [6, 6.07) is 1.94. The van der Waals surface area contributed by atoms with Crippen molar-refractivity contribution in [3.8, 4) is 0 Å². The molecule has 0 amide bonds. The molecule has 16 heavy (non-hydrogen) atoms. The number of aliphatic hydroxyl groups is 1. The fraction of sp³-hybridized carbons (Fsp3) is 0.615. The molecule has 1 aliphatic rings. The van der Waals surface area contributed by atoms with Crippen LogP contribution in [-0.4, -0.2) is 22.3 Å². The van der Waals surface area contributed by atoms with Crippen LogP contribution in [0.2, 0.25) is 0 Å². The number of pyridine rings is 1. The summed E-state index contributed by atoms with van der Waals surface area (Å²) in [4.78, 5) is 4.12. The quantitative estimate of drug-likeness (QED) is 0.790. The van der Waals surface area contributed by atoms with Gasteiger partial charge in [0.2, 0.25) is 0 Å². The van der Waals surface area contributed by atoms with E-state index in [1.165, 1.54) is 0 Å². The molecule has 0 spiro atoms. The first kappa shape index (κ1) is 11.6. The van der Waals surface area contributed by atoms with Crippen LogP contribution in [0.25, 0.3) is 0 Å². The van der Waals surface area contributed by atoms with Crippen molar-refractivity contribution in [2.75, 3.05) is 0 Å². The van der Waals surface area contributed by atoms with Crippen molar-refractivity contribution in [1.82, 2.24) is 4.98 Å². The highest BCUT2D eigenvalue weighted by atomic mass is 16.5. The predicted octanol–water partition coefficient (Wildman–Crippen LogP) is 2.17. The van der Waals surface area contributed by atoms with E-state index in [0.717, 1.165) is 11.1 Å². The number of hydrogen-bond acceptors (Lipinski definition) is 3. The van der Waals surface area contributed by atoms with E-state index in [0.29, 0.717) is 12.8 Å². The van der Waals surface area contributed by atoms with Crippen molar-refractivity contribution >= 4 is 0 Å². The van der Waals surface area contributed by atoms with Gasteiger partial charge in [0.25, 0.3) is 0 Å². The van der Waals surface area contributed by atoms with Crippen LogP contribution >= 0.6 is 0 Å². The van der Waals surface area contributed by atoms with E-state index in [2.05, 4.69) is 4.98 Å². The van der Waals surface area contributed by atoms with Crippen LogP contribution in [0.15, 0.2) is 18.5 Å². The monoisotopic (exact) mass is 221 g/mol. The van der Waals surface area contributed by atoms with E-state index < -0.39 is 5.60 Å². The van der Waals surface area contributed by atoms with Gasteiger partial charge in [-0.25, -0.2) is 0 Å². The molecular formula is C13H19NO2. The smallest absolute Gasteiger partial charge is 0.0963 e. The Balaban J connectivity index is 2.34. The third kappa shape index (κ3) is 2.11. The summed E-state index contributed by atoms with van der Waals surface area (Å²) in [5, 5.41) is 10.7. The third-order valence-corrected chi connectivity index (χ3v) is 3.26. The fourth-order valence-corrected chi connectivity index (χ4v) is 2.70. The summed E-state index contributed by atoms with van der Waals surface area (Å²) >= 11 is 0. The van der Waals surface area contributed by atoms with E-state index in [9.17, 15) is 5.11 Å². The van der Waals surface area contributed by atoms with E-state index in [-0.39, 0.29) is 12.2 Å². The molecule has 3 nitrogen and oxygen atoms in total. The van der Waals surface area contributed by atoms with Crippen LogP contribution < -0.4 is 0 Å². The van der Waals surface area contributed by atoms with Crippen molar-refractivity contribution < 1.29 is 9.84 Å². The molecule has 0 aliphatic carbocycles. The van der Waals surface area contributed by atoms with Gasteiger partial charge in [-0.15, -0.1) is 0 Å². The summed E-state index contributed by atoms with van der Waals surface area (Å²) in [7, 11) is 0. The van der Waals surface area contributed by atoms with Gasteiger partial charge in [0, 0.05) is 30.8 Å². The van der Waals surface area contributed by atoms with Crippen LogP contribution in [0.4, 0.5) is 0 Å². The molecule has 0 radical (unpaired) electrons. The Bertz CT molecular complexity index is 368. The first-order valence-electron chi connectivity index (χ1n) is 5.80. The fourth-order valence-electron chi connectivity index (χ4n) is 2.70. The molecule has 1 fully saturated rings. The summed E-state index contributed by atoms with van der Waals surface area (Å²) in [6.45, 7) is 6.03. The van der Waals surface area contributed by atoms with Crippen molar-refractivity contribution in [3.05, 3.63) is 29.6 Å². The Labute approximate surface area is 96.5 Å². The highest BCUT2D eigenvalue weighted by molar-refractivity contribution is 5.28. The van der Waals surface area contributed by atoms with Crippen molar-refractivity contribution in [1.29, 1.82) is 0 Å². The highest BCUT2D eigenvalue weighted by Crippen LogP contribution is 2.38. The Morgan fingerprint density at radius 1 is 1.38 bits per heavy atom. The number of nitrogens with zero attached hydrogens (tertiary/aromatic N) is 1. The van der Waals surface area contributed by atoms with Gasteiger partial charge in [-0.2, -0.15) is 0 Å². The van der Waals surface area contributed by atoms with Crippen molar-refractivity contribution in [2.45, 2.75) is 51.4 Å². The third-order valence-electron chi connectivity index (χ3n) is 3.26. The van der Waals surface area contributed by atoms with Gasteiger partial charge in [-0.05, 0) is 32.4 Å². The van der Waals surface area contributed by atoms with Crippen molar-refractivity contribution in [3.63, 3.8) is 0 Å². The first-order valence-corrected chi connectivity index (χ1v) is 5.80. The lowest BCUT2D eigenvalue weighted by atomic mass is 9.81. The molecule has 1 aliphatic heterocycles. The van der Waals surface area contributed by atoms with E-state index >= 15 is 0 Å². The number of aryl methyl sites for hydroxylation is 1. The van der Waals surface area contributed by atoms with Gasteiger partial charge in [0.05, 0.1) is 17.8 Å². The summed E-state index contributed by atoms with van der Waals surface area (Å²) in [5.74, 6) is 0. The second kappa shape index (κ2) is 4.15. The van der Waals surface area contributed by atoms with Crippen LogP contribution in [0.1, 0.15) is 37.8 Å². The molecule has 1 aromatic heterocycles. The number of ether oxygens (including phenoxy) is 1. The Morgan fingerprint density at radius 3 is 2.56 bits per heavy atom. The normalized spacial score (nSPS) is 35.0. The maximum absolute atomic E-state index is 10.7. The van der Waals surface area contributed by atoms with Crippen LogP contribution in [-0.2, 0) is 10.3 Å². The Hall–Kier alpha value is -0.930. The van der Waals surface area contributed by atoms with E-state index in [4.69, 9.17) is 4.74 Å². The maximum Gasteiger partial charge on any atom is 0.0963 e. The zero-order valence-corrected chi connectivity index (χ0v) is 10.1. The molecule has 2 atom stereocenters. The number of aromatic nitrogens is 1. The van der Waals surface area contributed by atoms with Crippen LogP contribution in [0, 0.1) is 6.92 Å². The molecule has 1 saturated heterocycles. The zero-order valence-electron chi connectivity index (χ0n) is 10.1. The SMILES string of the molecule is Cc1ccncc1C1(O)CC(C)OC(C)C1. The zero-order chi connectivity index (χ0) is 11.8. The van der Waals surface area contributed by atoms with Gasteiger partial charge in [-0.3, -0.25) is 4.98 Å². The second-order valence-corrected chi connectivity index (χ2v) is 4.89. The molecule has 0 aromatic carbocycles. The largest absolute Gasteiger partial charge is 0.385 e. The van der Waals surface area contributed by atoms with Gasteiger partial charge in [0.15, 0.2) is 0 Å². The lowest BCUT2D eigenvalue weighted by molar-refractivity contribution is -0.136. The van der Waals surface area contributed by atoms with Gasteiger partial charge in [-0.1, -0.05) is 0 Å². The molecule has 3 heteroatoms. The standard InChI is InChI=1S/C13H19NO2/c1-9-4-5-14-8-12(9)13(15)6-10(2)16-11(3)7-13/h4-5,8,10-11,15H,6-7H2,1-3H3. The summed E-state index contributed by atoms with van der Waals surface area (Å²) < 4.78 is 5.66. The molecular weight excluding hydrogens is 202 g/mol. The minimum Gasteiger partial charge on any atom is -0.385 e. The minimum atomic E-state index is -0.782. The number of hydrogen-bond donors (Lipinski definition) is 1. The molecule has 2 heterocycles. The Morgan fingerprint density at radius 2 is 2.00 bits per heavy atom. The van der Waals surface area contributed by atoms with Gasteiger partial charge < -0.3 is 9.84 Å². The number of rotatable bonds is 1. The average molecular weight is 221 g/mol. The maximum atomic E-state index is 10.7. The molecule has 2 unspecified atom stereocenters. The van der Waals surface area contributed by atoms with Crippen LogP contribution in [0.3, 0.4) is 0 Å². The molecule has 1 aromatic rings. The molecule has 2 rings (SSSR count). The average Bonchev–Trinajstić information content (AvgIpc) is 2.15. The molecule has 0 saturated carbocycles. The highest BCUT2D eigenvalue weighted by Gasteiger charge is 2.39. The molecule has 88 valence electrons. The Kier molecular flexibility index (Phi) is 3.00. The van der Waals surface area contributed by atoms with Gasteiger partial charge >= 0.3 is 0 Å². The molecule has 1 N–H and O–H groups in total. The summed E-state index contributed by atoms with van der Waals surface area (Å²) in [5.41, 5.74) is 1.26. The summed E-state index contributed by atoms with van der Waals surface area (Å²) in [6.07, 6.45) is 5.00. The lowest BCUT2D eigenvalue weighted by Gasteiger charge is -2.39. The minimum absolute atomic E-state index is 0.0911. The predicted molar refractivity (Wildman–Crippen MR) is 62.1 cm³/mol. The van der Waals surface area contributed by atoms with E-state index in [1.807, 2.05) is 26.8 Å². The first-order chi connectivity index (χ1) is 7.51. The van der Waals surface area contributed by atoms with E-state index in [1.54, 1.807) is 12.4 Å².